The molecule has 0 heterocycles. The Morgan fingerprint density at radius 2 is 1.89 bits per heavy atom. The van der Waals surface area contributed by atoms with E-state index >= 15 is 0 Å². The molecular weight excluding hydrogens is 218 g/mol. The Labute approximate surface area is 109 Å². The predicted octanol–water partition coefficient (Wildman–Crippen LogP) is 3.51. The van der Waals surface area contributed by atoms with Crippen molar-refractivity contribution < 1.29 is 0 Å². The highest BCUT2D eigenvalue weighted by Crippen LogP contribution is 2.17. The molecule has 0 fully saturated rings. The predicted molar refractivity (Wildman–Crippen MR) is 78.3 cm³/mol. The average Bonchev–Trinajstić information content (AvgIpc) is 2.39. The molecule has 1 atom stereocenters. The van der Waals surface area contributed by atoms with Gasteiger partial charge in [0.25, 0.3) is 0 Å². The van der Waals surface area contributed by atoms with Crippen molar-refractivity contribution in [1.29, 1.82) is 0 Å². The van der Waals surface area contributed by atoms with Gasteiger partial charge in [-0.2, -0.15) is 0 Å². The van der Waals surface area contributed by atoms with Gasteiger partial charge in [0.05, 0.1) is 0 Å². The molecule has 0 aromatic heterocycles. The first-order valence-electron chi connectivity index (χ1n) is 6.42. The Hall–Kier alpha value is -1.78. The van der Waals surface area contributed by atoms with Gasteiger partial charge in [-0.1, -0.05) is 42.5 Å². The molecule has 0 spiro atoms. The van der Waals surface area contributed by atoms with Crippen molar-refractivity contribution in [3.8, 4) is 11.8 Å². The summed E-state index contributed by atoms with van der Waals surface area (Å²) in [5.41, 5.74) is 7.43. The SMILES string of the molecule is CC#CCCC(N)Cc1ccc2ccccc2c1. The lowest BCUT2D eigenvalue weighted by molar-refractivity contribution is 0.623. The molecule has 0 bridgehead atoms. The first kappa shape index (κ1) is 12.7. The van der Waals surface area contributed by atoms with E-state index in [2.05, 4.69) is 54.3 Å². The lowest BCUT2D eigenvalue weighted by Gasteiger charge is -2.10. The summed E-state index contributed by atoms with van der Waals surface area (Å²) in [6, 6.07) is 15.2. The normalized spacial score (nSPS) is 11.9. The van der Waals surface area contributed by atoms with Gasteiger partial charge in [0.2, 0.25) is 0 Å². The van der Waals surface area contributed by atoms with E-state index in [1.54, 1.807) is 0 Å². The van der Waals surface area contributed by atoms with E-state index in [-0.39, 0.29) is 6.04 Å². The van der Waals surface area contributed by atoms with Gasteiger partial charge < -0.3 is 5.73 Å². The van der Waals surface area contributed by atoms with E-state index in [0.29, 0.717) is 0 Å². The summed E-state index contributed by atoms with van der Waals surface area (Å²) >= 11 is 0. The van der Waals surface area contributed by atoms with E-state index in [0.717, 1.165) is 19.3 Å². The first-order chi connectivity index (χ1) is 8.79. The van der Waals surface area contributed by atoms with Gasteiger partial charge in [0.15, 0.2) is 0 Å². The third-order valence-electron chi connectivity index (χ3n) is 3.13. The Morgan fingerprint density at radius 3 is 2.67 bits per heavy atom. The molecule has 2 aromatic rings. The largest absolute Gasteiger partial charge is 0.327 e. The standard InChI is InChI=1S/C17H19N/c1-2-3-4-9-17(18)13-14-10-11-15-7-5-6-8-16(15)12-14/h5-8,10-12,17H,4,9,13,18H2,1H3. The quantitative estimate of drug-likeness (QED) is 0.809. The van der Waals surface area contributed by atoms with Gasteiger partial charge in [-0.25, -0.2) is 0 Å². The van der Waals surface area contributed by atoms with Gasteiger partial charge >= 0.3 is 0 Å². The van der Waals surface area contributed by atoms with Crippen LogP contribution in [-0.4, -0.2) is 6.04 Å². The van der Waals surface area contributed by atoms with Gasteiger partial charge in [-0.3, -0.25) is 0 Å². The molecule has 2 rings (SSSR count). The van der Waals surface area contributed by atoms with Crippen LogP contribution in [0.15, 0.2) is 42.5 Å². The first-order valence-corrected chi connectivity index (χ1v) is 6.42. The van der Waals surface area contributed by atoms with Crippen molar-refractivity contribution in [3.63, 3.8) is 0 Å². The Balaban J connectivity index is 2.04. The van der Waals surface area contributed by atoms with Crippen molar-refractivity contribution in [2.24, 2.45) is 5.73 Å². The third kappa shape index (κ3) is 3.35. The maximum absolute atomic E-state index is 6.12. The van der Waals surface area contributed by atoms with E-state index < -0.39 is 0 Å². The summed E-state index contributed by atoms with van der Waals surface area (Å²) in [6.07, 6.45) is 2.79. The highest BCUT2D eigenvalue weighted by molar-refractivity contribution is 5.82. The minimum Gasteiger partial charge on any atom is -0.327 e. The monoisotopic (exact) mass is 237 g/mol. The number of benzene rings is 2. The number of fused-ring (bicyclic) bond motifs is 1. The number of nitrogens with two attached hydrogens (primary N) is 1. The van der Waals surface area contributed by atoms with Crippen LogP contribution in [0.25, 0.3) is 10.8 Å². The minimum absolute atomic E-state index is 0.201. The van der Waals surface area contributed by atoms with Crippen LogP contribution in [0, 0.1) is 11.8 Å². The summed E-state index contributed by atoms with van der Waals surface area (Å²) in [6.45, 7) is 1.87. The summed E-state index contributed by atoms with van der Waals surface area (Å²) < 4.78 is 0. The van der Waals surface area contributed by atoms with Gasteiger partial charge in [0, 0.05) is 12.5 Å². The van der Waals surface area contributed by atoms with Crippen LogP contribution in [0.2, 0.25) is 0 Å². The fourth-order valence-corrected chi connectivity index (χ4v) is 2.15. The second-order valence-corrected chi connectivity index (χ2v) is 4.61. The molecular formula is C17H19N. The van der Waals surface area contributed by atoms with E-state index in [9.17, 15) is 0 Å². The molecule has 0 aliphatic rings. The highest BCUT2D eigenvalue weighted by atomic mass is 14.6. The number of rotatable bonds is 4. The zero-order chi connectivity index (χ0) is 12.8. The maximum Gasteiger partial charge on any atom is 0.0103 e. The Bertz CT molecular complexity index is 575. The van der Waals surface area contributed by atoms with Crippen molar-refractivity contribution in [1.82, 2.24) is 0 Å². The zero-order valence-electron chi connectivity index (χ0n) is 10.8. The maximum atomic E-state index is 6.12. The number of hydrogen-bond acceptors (Lipinski definition) is 1. The van der Waals surface area contributed by atoms with Crippen LogP contribution in [0.1, 0.15) is 25.3 Å². The number of hydrogen-bond donors (Lipinski definition) is 1. The smallest absolute Gasteiger partial charge is 0.0103 e. The van der Waals surface area contributed by atoms with E-state index in [4.69, 9.17) is 5.73 Å². The van der Waals surface area contributed by atoms with Gasteiger partial charge in [-0.15, -0.1) is 11.8 Å². The zero-order valence-corrected chi connectivity index (χ0v) is 10.8. The Kier molecular flexibility index (Phi) is 4.39. The fraction of sp³-hybridized carbons (Fsp3) is 0.294. The van der Waals surface area contributed by atoms with Crippen LogP contribution in [0.3, 0.4) is 0 Å². The molecule has 0 radical (unpaired) electrons. The summed E-state index contributed by atoms with van der Waals surface area (Å²) in [4.78, 5) is 0. The molecule has 0 aliphatic heterocycles. The van der Waals surface area contributed by atoms with Crippen LogP contribution in [-0.2, 0) is 6.42 Å². The molecule has 2 aromatic carbocycles. The molecule has 0 saturated carbocycles. The lowest BCUT2D eigenvalue weighted by Crippen LogP contribution is -2.22. The van der Waals surface area contributed by atoms with Crippen LogP contribution < -0.4 is 5.73 Å². The molecule has 0 amide bonds. The topological polar surface area (TPSA) is 26.0 Å². The average molecular weight is 237 g/mol. The van der Waals surface area contributed by atoms with Crippen molar-refractivity contribution in [3.05, 3.63) is 48.0 Å². The molecule has 0 aliphatic carbocycles. The third-order valence-corrected chi connectivity index (χ3v) is 3.13. The van der Waals surface area contributed by atoms with Crippen molar-refractivity contribution >= 4 is 10.8 Å². The summed E-state index contributed by atoms with van der Waals surface area (Å²) in [7, 11) is 0. The second kappa shape index (κ2) is 6.23. The fourth-order valence-electron chi connectivity index (χ4n) is 2.15. The van der Waals surface area contributed by atoms with E-state index in [1.165, 1.54) is 16.3 Å². The molecule has 1 unspecified atom stereocenters. The molecule has 92 valence electrons. The van der Waals surface area contributed by atoms with Crippen LogP contribution >= 0.6 is 0 Å². The van der Waals surface area contributed by atoms with E-state index in [1.807, 2.05) is 6.92 Å². The lowest BCUT2D eigenvalue weighted by atomic mass is 10.00. The Morgan fingerprint density at radius 1 is 1.11 bits per heavy atom. The van der Waals surface area contributed by atoms with Gasteiger partial charge in [-0.05, 0) is 36.1 Å². The van der Waals surface area contributed by atoms with Crippen LogP contribution in [0.4, 0.5) is 0 Å². The van der Waals surface area contributed by atoms with Crippen molar-refractivity contribution in [2.45, 2.75) is 32.2 Å². The molecule has 18 heavy (non-hydrogen) atoms. The second-order valence-electron chi connectivity index (χ2n) is 4.61. The molecule has 2 N–H and O–H groups in total. The molecule has 1 heteroatoms. The molecule has 0 saturated heterocycles. The van der Waals surface area contributed by atoms with Gasteiger partial charge in [0.1, 0.15) is 0 Å². The summed E-state index contributed by atoms with van der Waals surface area (Å²) in [5, 5.41) is 2.57. The highest BCUT2D eigenvalue weighted by Gasteiger charge is 2.04. The van der Waals surface area contributed by atoms with Crippen molar-refractivity contribution in [2.75, 3.05) is 0 Å². The minimum atomic E-state index is 0.201. The summed E-state index contributed by atoms with van der Waals surface area (Å²) in [5.74, 6) is 5.97. The van der Waals surface area contributed by atoms with Crippen LogP contribution in [0.5, 0.6) is 0 Å². The molecule has 1 nitrogen and oxygen atoms in total.